The first kappa shape index (κ1) is 12.9. The second kappa shape index (κ2) is 5.13. The quantitative estimate of drug-likeness (QED) is 0.849. The van der Waals surface area contributed by atoms with Gasteiger partial charge in [0.1, 0.15) is 0 Å². The molecule has 1 aromatic rings. The van der Waals surface area contributed by atoms with E-state index in [1.165, 1.54) is 6.07 Å². The molecule has 104 valence electrons. The predicted molar refractivity (Wildman–Crippen MR) is 66.2 cm³/mol. The number of benzene rings is 1. The SMILES string of the molecule is Fc1ccc([C@@H](C2CC2)N2CCNCC2)c(F)c1F. The van der Waals surface area contributed by atoms with Crippen LogP contribution < -0.4 is 5.32 Å². The summed E-state index contributed by atoms with van der Waals surface area (Å²) in [7, 11) is 0. The Morgan fingerprint density at radius 2 is 1.74 bits per heavy atom. The molecule has 1 atom stereocenters. The molecule has 2 nitrogen and oxygen atoms in total. The first-order valence-electron chi connectivity index (χ1n) is 6.76. The summed E-state index contributed by atoms with van der Waals surface area (Å²) in [6.07, 6.45) is 2.07. The predicted octanol–water partition coefficient (Wildman–Crippen LogP) is 2.46. The van der Waals surface area contributed by atoms with Gasteiger partial charge in [-0.3, -0.25) is 4.90 Å². The van der Waals surface area contributed by atoms with Crippen LogP contribution in [0.25, 0.3) is 0 Å². The Morgan fingerprint density at radius 3 is 2.37 bits per heavy atom. The standard InChI is InChI=1S/C14H17F3N2/c15-11-4-3-10(12(16)13(11)17)14(9-1-2-9)19-7-5-18-6-8-19/h3-4,9,14,18H,1-2,5-8H2/t14-/m1/s1. The van der Waals surface area contributed by atoms with Crippen LogP contribution in [0.2, 0.25) is 0 Å². The van der Waals surface area contributed by atoms with Crippen LogP contribution in [-0.2, 0) is 0 Å². The molecule has 0 unspecified atom stereocenters. The number of hydrogen-bond acceptors (Lipinski definition) is 2. The number of hydrogen-bond donors (Lipinski definition) is 1. The molecule has 3 rings (SSSR count). The lowest BCUT2D eigenvalue weighted by Gasteiger charge is -2.35. The fourth-order valence-corrected chi connectivity index (χ4v) is 2.89. The van der Waals surface area contributed by atoms with Crippen molar-refractivity contribution in [1.29, 1.82) is 0 Å². The van der Waals surface area contributed by atoms with Gasteiger partial charge in [-0.25, -0.2) is 13.2 Å². The number of nitrogens with zero attached hydrogens (tertiary/aromatic N) is 1. The Labute approximate surface area is 110 Å². The molecule has 1 aliphatic carbocycles. The summed E-state index contributed by atoms with van der Waals surface area (Å²) in [5.41, 5.74) is 0.309. The Bertz CT molecular complexity index is 468. The van der Waals surface area contributed by atoms with E-state index in [-0.39, 0.29) is 6.04 Å². The van der Waals surface area contributed by atoms with E-state index >= 15 is 0 Å². The van der Waals surface area contributed by atoms with Gasteiger partial charge in [0.2, 0.25) is 0 Å². The average Bonchev–Trinajstić information content (AvgIpc) is 3.25. The highest BCUT2D eigenvalue weighted by Gasteiger charge is 2.38. The van der Waals surface area contributed by atoms with E-state index in [1.54, 1.807) is 0 Å². The highest BCUT2D eigenvalue weighted by Crippen LogP contribution is 2.45. The molecule has 1 saturated carbocycles. The van der Waals surface area contributed by atoms with Crippen molar-refractivity contribution >= 4 is 0 Å². The van der Waals surface area contributed by atoms with Gasteiger partial charge < -0.3 is 5.32 Å². The Hall–Kier alpha value is -1.07. The third kappa shape index (κ3) is 2.49. The number of piperazine rings is 1. The average molecular weight is 270 g/mol. The maximum absolute atomic E-state index is 14.0. The van der Waals surface area contributed by atoms with Crippen molar-refractivity contribution in [3.63, 3.8) is 0 Å². The molecule has 0 bridgehead atoms. The highest BCUT2D eigenvalue weighted by atomic mass is 19.2. The zero-order valence-corrected chi connectivity index (χ0v) is 10.6. The van der Waals surface area contributed by atoms with E-state index in [0.29, 0.717) is 11.5 Å². The lowest BCUT2D eigenvalue weighted by atomic mass is 9.99. The van der Waals surface area contributed by atoms with Gasteiger partial charge in [-0.2, -0.15) is 0 Å². The van der Waals surface area contributed by atoms with Crippen molar-refractivity contribution in [3.8, 4) is 0 Å². The van der Waals surface area contributed by atoms with Crippen molar-refractivity contribution in [2.45, 2.75) is 18.9 Å². The monoisotopic (exact) mass is 270 g/mol. The zero-order chi connectivity index (χ0) is 13.4. The normalized spacial score (nSPS) is 22.5. The van der Waals surface area contributed by atoms with Gasteiger partial charge in [0, 0.05) is 37.8 Å². The molecule has 0 spiro atoms. The molecule has 5 heteroatoms. The summed E-state index contributed by atoms with van der Waals surface area (Å²) >= 11 is 0. The molecule has 2 fully saturated rings. The van der Waals surface area contributed by atoms with Gasteiger partial charge in [0.15, 0.2) is 17.5 Å². The Balaban J connectivity index is 1.93. The van der Waals surface area contributed by atoms with Crippen molar-refractivity contribution in [2.24, 2.45) is 5.92 Å². The first-order valence-corrected chi connectivity index (χ1v) is 6.76. The first-order chi connectivity index (χ1) is 9.18. The van der Waals surface area contributed by atoms with E-state index in [1.807, 2.05) is 0 Å². The molecular formula is C14H17F3N2. The van der Waals surface area contributed by atoms with Gasteiger partial charge in [0.05, 0.1) is 0 Å². The maximum atomic E-state index is 14.0. The molecule has 19 heavy (non-hydrogen) atoms. The van der Waals surface area contributed by atoms with Gasteiger partial charge in [-0.05, 0) is 24.8 Å². The van der Waals surface area contributed by atoms with Gasteiger partial charge >= 0.3 is 0 Å². The fourth-order valence-electron chi connectivity index (χ4n) is 2.89. The maximum Gasteiger partial charge on any atom is 0.194 e. The summed E-state index contributed by atoms with van der Waals surface area (Å²) in [5, 5.41) is 3.25. The van der Waals surface area contributed by atoms with E-state index in [2.05, 4.69) is 10.2 Å². The molecule has 1 N–H and O–H groups in total. The second-order valence-electron chi connectivity index (χ2n) is 5.33. The van der Waals surface area contributed by atoms with Gasteiger partial charge in [-0.1, -0.05) is 6.07 Å². The minimum atomic E-state index is -1.35. The fraction of sp³-hybridized carbons (Fsp3) is 0.571. The summed E-state index contributed by atoms with van der Waals surface area (Å²) in [4.78, 5) is 2.18. The Morgan fingerprint density at radius 1 is 1.05 bits per heavy atom. The van der Waals surface area contributed by atoms with Crippen molar-refractivity contribution in [1.82, 2.24) is 10.2 Å². The van der Waals surface area contributed by atoms with Crippen LogP contribution in [0.1, 0.15) is 24.4 Å². The number of halogens is 3. The minimum absolute atomic E-state index is 0.114. The van der Waals surface area contributed by atoms with Crippen LogP contribution >= 0.6 is 0 Å². The molecule has 0 amide bonds. The highest BCUT2D eigenvalue weighted by molar-refractivity contribution is 5.25. The van der Waals surface area contributed by atoms with E-state index in [4.69, 9.17) is 0 Å². The molecule has 2 aliphatic rings. The lowest BCUT2D eigenvalue weighted by Crippen LogP contribution is -2.46. The van der Waals surface area contributed by atoms with Crippen molar-refractivity contribution < 1.29 is 13.2 Å². The van der Waals surface area contributed by atoms with Crippen molar-refractivity contribution in [2.75, 3.05) is 26.2 Å². The van der Waals surface area contributed by atoms with E-state index in [9.17, 15) is 13.2 Å². The molecular weight excluding hydrogens is 253 g/mol. The summed E-state index contributed by atoms with van der Waals surface area (Å²) in [5.74, 6) is -3.11. The molecule has 0 aromatic heterocycles. The largest absolute Gasteiger partial charge is 0.314 e. The number of rotatable bonds is 3. The van der Waals surface area contributed by atoms with Gasteiger partial charge in [0.25, 0.3) is 0 Å². The summed E-state index contributed by atoms with van der Waals surface area (Å²) < 4.78 is 40.5. The third-order valence-corrected chi connectivity index (χ3v) is 4.00. The second-order valence-corrected chi connectivity index (χ2v) is 5.33. The van der Waals surface area contributed by atoms with Crippen LogP contribution in [0.4, 0.5) is 13.2 Å². The summed E-state index contributed by atoms with van der Waals surface area (Å²) in [6.45, 7) is 3.35. The number of nitrogens with one attached hydrogen (secondary N) is 1. The van der Waals surface area contributed by atoms with Crippen LogP contribution in [0.5, 0.6) is 0 Å². The minimum Gasteiger partial charge on any atom is -0.314 e. The van der Waals surface area contributed by atoms with E-state index in [0.717, 1.165) is 45.1 Å². The van der Waals surface area contributed by atoms with E-state index < -0.39 is 17.5 Å². The summed E-state index contributed by atoms with van der Waals surface area (Å²) in [6, 6.07) is 2.32. The molecule has 1 heterocycles. The van der Waals surface area contributed by atoms with Crippen LogP contribution in [-0.4, -0.2) is 31.1 Å². The molecule has 1 aliphatic heterocycles. The molecule has 0 radical (unpaired) electrons. The third-order valence-electron chi connectivity index (χ3n) is 4.00. The van der Waals surface area contributed by atoms with Crippen LogP contribution in [0.3, 0.4) is 0 Å². The van der Waals surface area contributed by atoms with Gasteiger partial charge in [-0.15, -0.1) is 0 Å². The van der Waals surface area contributed by atoms with Crippen molar-refractivity contribution in [3.05, 3.63) is 35.1 Å². The molecule has 1 saturated heterocycles. The Kier molecular flexibility index (Phi) is 3.50. The lowest BCUT2D eigenvalue weighted by molar-refractivity contribution is 0.152. The molecule has 1 aromatic carbocycles. The smallest absolute Gasteiger partial charge is 0.194 e. The van der Waals surface area contributed by atoms with Crippen LogP contribution in [0.15, 0.2) is 12.1 Å². The topological polar surface area (TPSA) is 15.3 Å². The zero-order valence-electron chi connectivity index (χ0n) is 10.6. The van der Waals surface area contributed by atoms with Crippen LogP contribution in [0, 0.1) is 23.4 Å².